The number of anilines is 1. The van der Waals surface area contributed by atoms with Gasteiger partial charge < -0.3 is 9.88 Å². The largest absolute Gasteiger partial charge is 0.346 e. The van der Waals surface area contributed by atoms with Crippen molar-refractivity contribution in [2.24, 2.45) is 5.10 Å². The molecule has 1 aromatic carbocycles. The quantitative estimate of drug-likeness (QED) is 0.661. The van der Waals surface area contributed by atoms with Gasteiger partial charge in [-0.3, -0.25) is 5.43 Å². The van der Waals surface area contributed by atoms with Crippen LogP contribution in [0, 0.1) is 13.8 Å². The van der Waals surface area contributed by atoms with E-state index in [2.05, 4.69) is 58.7 Å². The highest BCUT2D eigenvalue weighted by Gasteiger charge is 2.16. The summed E-state index contributed by atoms with van der Waals surface area (Å²) in [5, 5.41) is 8.18. The van der Waals surface area contributed by atoms with Gasteiger partial charge in [0.25, 0.3) is 0 Å². The number of benzene rings is 1. The van der Waals surface area contributed by atoms with E-state index >= 15 is 0 Å². The number of nitrogens with one attached hydrogen (secondary N) is 2. The van der Waals surface area contributed by atoms with Crippen molar-refractivity contribution < 1.29 is 0 Å². The van der Waals surface area contributed by atoms with Crippen molar-refractivity contribution >= 4 is 28.7 Å². The fourth-order valence-electron chi connectivity index (χ4n) is 2.61. The molecule has 2 aromatic rings. The molecule has 0 amide bonds. The Labute approximate surface area is 129 Å². The molecule has 0 radical (unpaired) electrons. The highest BCUT2D eigenvalue weighted by molar-refractivity contribution is 7.80. The van der Waals surface area contributed by atoms with Gasteiger partial charge in [0.15, 0.2) is 5.11 Å². The van der Waals surface area contributed by atoms with Gasteiger partial charge in [0, 0.05) is 24.8 Å². The van der Waals surface area contributed by atoms with E-state index in [1.54, 1.807) is 0 Å². The minimum Gasteiger partial charge on any atom is -0.346 e. The zero-order chi connectivity index (χ0) is 14.8. The average Bonchev–Trinajstić information content (AvgIpc) is 3.04. The molecule has 0 saturated carbocycles. The van der Waals surface area contributed by atoms with E-state index < -0.39 is 0 Å². The van der Waals surface area contributed by atoms with Crippen LogP contribution in [0.2, 0.25) is 0 Å². The van der Waals surface area contributed by atoms with Crippen LogP contribution in [0.4, 0.5) is 5.69 Å². The molecule has 3 rings (SSSR count). The molecule has 2 N–H and O–H groups in total. The number of aryl methyl sites for hydroxylation is 3. The lowest BCUT2D eigenvalue weighted by Gasteiger charge is -2.12. The summed E-state index contributed by atoms with van der Waals surface area (Å²) in [4.78, 5) is 0. The molecule has 0 spiro atoms. The second-order valence-electron chi connectivity index (χ2n) is 5.23. The first-order valence-corrected chi connectivity index (χ1v) is 7.41. The van der Waals surface area contributed by atoms with Gasteiger partial charge in [-0.25, -0.2) is 0 Å². The molecule has 0 atom stereocenters. The molecule has 0 fully saturated rings. The molecule has 5 heteroatoms. The summed E-state index contributed by atoms with van der Waals surface area (Å²) in [5.41, 5.74) is 8.55. The summed E-state index contributed by atoms with van der Waals surface area (Å²) in [7, 11) is 0. The molecule has 0 saturated heterocycles. The van der Waals surface area contributed by atoms with Gasteiger partial charge in [0.2, 0.25) is 0 Å². The second kappa shape index (κ2) is 5.69. The van der Waals surface area contributed by atoms with Gasteiger partial charge in [-0.05, 0) is 49.3 Å². The third-order valence-corrected chi connectivity index (χ3v) is 3.92. The number of rotatable bonds is 2. The van der Waals surface area contributed by atoms with Crippen molar-refractivity contribution in [1.82, 2.24) is 9.99 Å². The summed E-state index contributed by atoms with van der Waals surface area (Å²) in [6.45, 7) is 5.11. The first kappa shape index (κ1) is 13.8. The van der Waals surface area contributed by atoms with E-state index in [0.29, 0.717) is 5.11 Å². The Morgan fingerprint density at radius 1 is 1.19 bits per heavy atom. The Balaban J connectivity index is 1.68. The zero-order valence-corrected chi connectivity index (χ0v) is 13.0. The zero-order valence-electron chi connectivity index (χ0n) is 12.2. The van der Waals surface area contributed by atoms with Crippen LogP contribution in [-0.4, -0.2) is 15.4 Å². The fourth-order valence-corrected chi connectivity index (χ4v) is 2.76. The summed E-state index contributed by atoms with van der Waals surface area (Å²) in [6, 6.07) is 10.3. The van der Waals surface area contributed by atoms with Gasteiger partial charge in [-0.2, -0.15) is 5.10 Å². The molecule has 2 heterocycles. The summed E-state index contributed by atoms with van der Waals surface area (Å²) in [5.74, 6) is 0. The number of nitrogens with zero attached hydrogens (tertiary/aromatic N) is 2. The number of para-hydroxylation sites is 1. The lowest BCUT2D eigenvalue weighted by molar-refractivity contribution is 0.770. The number of aromatic nitrogens is 1. The number of hydrogen-bond acceptors (Lipinski definition) is 2. The van der Waals surface area contributed by atoms with Crippen LogP contribution >= 0.6 is 12.2 Å². The Morgan fingerprint density at radius 3 is 2.71 bits per heavy atom. The van der Waals surface area contributed by atoms with Crippen LogP contribution < -0.4 is 10.7 Å². The Hall–Kier alpha value is -2.14. The molecule has 4 nitrogen and oxygen atoms in total. The predicted octanol–water partition coefficient (Wildman–Crippen LogP) is 3.20. The van der Waals surface area contributed by atoms with Crippen LogP contribution in [0.1, 0.15) is 23.2 Å². The normalized spacial score (nSPS) is 15.0. The maximum absolute atomic E-state index is 5.33. The maximum Gasteiger partial charge on any atom is 0.191 e. The molecule has 108 valence electrons. The van der Waals surface area contributed by atoms with Crippen LogP contribution in [0.25, 0.3) is 0 Å². The van der Waals surface area contributed by atoms with E-state index in [-0.39, 0.29) is 0 Å². The molecule has 0 bridgehead atoms. The molecule has 1 aliphatic heterocycles. The molecule has 21 heavy (non-hydrogen) atoms. The first-order chi connectivity index (χ1) is 10.1. The second-order valence-corrected chi connectivity index (χ2v) is 5.64. The number of fused-ring (bicyclic) bond motifs is 1. The first-order valence-electron chi connectivity index (χ1n) is 7.00. The van der Waals surface area contributed by atoms with Gasteiger partial charge in [-0.1, -0.05) is 18.2 Å². The highest BCUT2D eigenvalue weighted by atomic mass is 32.1. The van der Waals surface area contributed by atoms with Crippen molar-refractivity contribution in [1.29, 1.82) is 0 Å². The lowest BCUT2D eigenvalue weighted by atomic mass is 10.1. The molecular formula is C16H18N4S. The monoisotopic (exact) mass is 298 g/mol. The highest BCUT2D eigenvalue weighted by Crippen LogP contribution is 2.19. The van der Waals surface area contributed by atoms with Crippen LogP contribution in [0.5, 0.6) is 0 Å². The molecule has 0 unspecified atom stereocenters. The Bertz CT molecular complexity index is 695. The number of hydrazone groups is 1. The predicted molar refractivity (Wildman–Crippen MR) is 90.9 cm³/mol. The SMILES string of the molecule is Cc1cccc(C)c1NC(=S)NN=C1CCn2cccc21. The third-order valence-electron chi connectivity index (χ3n) is 3.73. The van der Waals surface area contributed by atoms with Crippen LogP contribution in [0.3, 0.4) is 0 Å². The van der Waals surface area contributed by atoms with E-state index in [0.717, 1.165) is 30.1 Å². The minimum atomic E-state index is 0.518. The standard InChI is InChI=1S/C16H18N4S/c1-11-5-3-6-12(2)15(11)17-16(21)19-18-13-8-10-20-9-4-7-14(13)20/h3-7,9H,8,10H2,1-2H3,(H2,17,19,21). The fraction of sp³-hybridized carbons (Fsp3) is 0.250. The number of thiocarbonyl (C=S) groups is 1. The van der Waals surface area contributed by atoms with Crippen molar-refractivity contribution in [3.63, 3.8) is 0 Å². The Morgan fingerprint density at radius 2 is 1.95 bits per heavy atom. The smallest absolute Gasteiger partial charge is 0.191 e. The van der Waals surface area contributed by atoms with Crippen molar-refractivity contribution in [3.8, 4) is 0 Å². The molecular weight excluding hydrogens is 280 g/mol. The van der Waals surface area contributed by atoms with Crippen LogP contribution in [-0.2, 0) is 6.54 Å². The van der Waals surface area contributed by atoms with Gasteiger partial charge in [0.1, 0.15) is 0 Å². The van der Waals surface area contributed by atoms with E-state index in [1.807, 2.05) is 12.1 Å². The lowest BCUT2D eigenvalue weighted by Crippen LogP contribution is -2.25. The summed E-state index contributed by atoms with van der Waals surface area (Å²) < 4.78 is 2.20. The third kappa shape index (κ3) is 2.83. The average molecular weight is 298 g/mol. The summed E-state index contributed by atoms with van der Waals surface area (Å²) >= 11 is 5.33. The van der Waals surface area contributed by atoms with E-state index in [1.165, 1.54) is 11.1 Å². The van der Waals surface area contributed by atoms with E-state index in [4.69, 9.17) is 12.2 Å². The van der Waals surface area contributed by atoms with Gasteiger partial charge in [-0.15, -0.1) is 0 Å². The Kier molecular flexibility index (Phi) is 3.75. The van der Waals surface area contributed by atoms with E-state index in [9.17, 15) is 0 Å². The minimum absolute atomic E-state index is 0.518. The van der Waals surface area contributed by atoms with Crippen molar-refractivity contribution in [3.05, 3.63) is 53.3 Å². The summed E-state index contributed by atoms with van der Waals surface area (Å²) in [6.07, 6.45) is 3.01. The maximum atomic E-state index is 5.33. The molecule has 1 aromatic heterocycles. The molecule has 1 aliphatic rings. The van der Waals surface area contributed by atoms with Crippen molar-refractivity contribution in [2.45, 2.75) is 26.8 Å². The van der Waals surface area contributed by atoms with Crippen LogP contribution in [0.15, 0.2) is 41.6 Å². The van der Waals surface area contributed by atoms with Gasteiger partial charge >= 0.3 is 0 Å². The molecule has 0 aliphatic carbocycles. The van der Waals surface area contributed by atoms with Gasteiger partial charge in [0.05, 0.1) is 11.4 Å². The van der Waals surface area contributed by atoms with Crippen molar-refractivity contribution in [2.75, 3.05) is 5.32 Å². The topological polar surface area (TPSA) is 41.4 Å². The number of hydrogen-bond donors (Lipinski definition) is 2.